The summed E-state index contributed by atoms with van der Waals surface area (Å²) in [5, 5.41) is 5.23. The van der Waals surface area contributed by atoms with Gasteiger partial charge in [0.25, 0.3) is 5.91 Å². The van der Waals surface area contributed by atoms with E-state index in [0.29, 0.717) is 23.3 Å². The highest BCUT2D eigenvalue weighted by molar-refractivity contribution is 7.10. The van der Waals surface area contributed by atoms with Gasteiger partial charge in [0.15, 0.2) is 5.89 Å². The van der Waals surface area contributed by atoms with Crippen molar-refractivity contribution in [1.82, 2.24) is 10.3 Å². The van der Waals surface area contributed by atoms with Gasteiger partial charge in [-0.05, 0) is 49.1 Å². The van der Waals surface area contributed by atoms with E-state index in [1.54, 1.807) is 11.3 Å². The van der Waals surface area contributed by atoms with E-state index in [-0.39, 0.29) is 11.9 Å². The van der Waals surface area contributed by atoms with E-state index in [4.69, 9.17) is 4.42 Å². The Kier molecular flexibility index (Phi) is 4.34. The van der Waals surface area contributed by atoms with Crippen LogP contribution in [0.4, 0.5) is 0 Å². The Hall–Kier alpha value is -1.62. The summed E-state index contributed by atoms with van der Waals surface area (Å²) in [7, 11) is 0. The Labute approximate surface area is 134 Å². The number of nitrogens with zero attached hydrogens (tertiary/aromatic N) is 1. The molecule has 3 rings (SSSR count). The lowest BCUT2D eigenvalue weighted by Gasteiger charge is -2.23. The van der Waals surface area contributed by atoms with Crippen molar-refractivity contribution in [2.24, 2.45) is 5.92 Å². The van der Waals surface area contributed by atoms with E-state index in [0.717, 1.165) is 25.7 Å². The quantitative estimate of drug-likeness (QED) is 0.925. The molecule has 2 aromatic heterocycles. The lowest BCUT2D eigenvalue weighted by molar-refractivity contribution is 0.0901. The number of aryl methyl sites for hydroxylation is 2. The maximum atomic E-state index is 12.5. The van der Waals surface area contributed by atoms with Gasteiger partial charge < -0.3 is 9.73 Å². The first-order valence-corrected chi connectivity index (χ1v) is 8.76. The van der Waals surface area contributed by atoms with E-state index in [2.05, 4.69) is 35.6 Å². The fourth-order valence-electron chi connectivity index (χ4n) is 2.96. The zero-order valence-corrected chi connectivity index (χ0v) is 14.1. The van der Waals surface area contributed by atoms with Crippen LogP contribution in [0.1, 0.15) is 65.3 Å². The van der Waals surface area contributed by atoms with Crippen molar-refractivity contribution in [2.45, 2.75) is 52.5 Å². The molecule has 0 unspecified atom stereocenters. The summed E-state index contributed by atoms with van der Waals surface area (Å²) >= 11 is 1.78. The van der Waals surface area contributed by atoms with Crippen LogP contribution in [0.15, 0.2) is 15.9 Å². The molecule has 22 heavy (non-hydrogen) atoms. The second kappa shape index (κ2) is 6.24. The average Bonchev–Trinajstić information content (AvgIpc) is 3.05. The zero-order chi connectivity index (χ0) is 15.7. The molecule has 5 heteroatoms. The molecule has 0 aromatic carbocycles. The molecule has 0 saturated carbocycles. The predicted molar refractivity (Wildman–Crippen MR) is 87.2 cm³/mol. The topological polar surface area (TPSA) is 55.1 Å². The smallest absolute Gasteiger partial charge is 0.289 e. The summed E-state index contributed by atoms with van der Waals surface area (Å²) < 4.78 is 5.68. The number of amides is 1. The van der Waals surface area contributed by atoms with Gasteiger partial charge in [-0.1, -0.05) is 13.8 Å². The molecule has 1 atom stereocenters. The van der Waals surface area contributed by atoms with E-state index < -0.39 is 0 Å². The van der Waals surface area contributed by atoms with Crippen molar-refractivity contribution >= 4 is 17.2 Å². The summed E-state index contributed by atoms with van der Waals surface area (Å²) in [6, 6.07) is 2.22. The van der Waals surface area contributed by atoms with Crippen LogP contribution < -0.4 is 5.32 Å². The van der Waals surface area contributed by atoms with Crippen LogP contribution in [0, 0.1) is 12.8 Å². The van der Waals surface area contributed by atoms with E-state index in [9.17, 15) is 4.79 Å². The van der Waals surface area contributed by atoms with Crippen molar-refractivity contribution in [3.63, 3.8) is 0 Å². The van der Waals surface area contributed by atoms with Gasteiger partial charge in [-0.25, -0.2) is 4.98 Å². The number of carbonyl (C=O) groups is 1. The minimum atomic E-state index is -0.149. The largest absolute Gasteiger partial charge is 0.435 e. The fourth-order valence-corrected chi connectivity index (χ4v) is 3.95. The van der Waals surface area contributed by atoms with Gasteiger partial charge in [0.1, 0.15) is 0 Å². The molecule has 118 valence electrons. The third-order valence-corrected chi connectivity index (χ3v) is 4.98. The molecule has 1 aliphatic rings. The van der Waals surface area contributed by atoms with Crippen molar-refractivity contribution in [1.29, 1.82) is 0 Å². The van der Waals surface area contributed by atoms with Crippen molar-refractivity contribution in [3.8, 4) is 0 Å². The Morgan fingerprint density at radius 3 is 3.14 bits per heavy atom. The van der Waals surface area contributed by atoms with Crippen LogP contribution in [-0.4, -0.2) is 10.9 Å². The molecule has 0 bridgehead atoms. The van der Waals surface area contributed by atoms with Crippen LogP contribution in [0.5, 0.6) is 0 Å². The van der Waals surface area contributed by atoms with Crippen molar-refractivity contribution in [2.75, 3.05) is 0 Å². The molecule has 0 fully saturated rings. The zero-order valence-electron chi connectivity index (χ0n) is 13.3. The van der Waals surface area contributed by atoms with Gasteiger partial charge in [-0.15, -0.1) is 11.3 Å². The third kappa shape index (κ3) is 3.09. The molecule has 0 saturated heterocycles. The van der Waals surface area contributed by atoms with Crippen LogP contribution in [0.3, 0.4) is 0 Å². The number of hydrogen-bond acceptors (Lipinski definition) is 4. The molecular formula is C17H22N2O2S. The highest BCUT2D eigenvalue weighted by atomic mass is 32.1. The highest BCUT2D eigenvalue weighted by Gasteiger charge is 2.25. The van der Waals surface area contributed by atoms with E-state index >= 15 is 0 Å². The van der Waals surface area contributed by atoms with Crippen molar-refractivity contribution < 1.29 is 9.21 Å². The van der Waals surface area contributed by atoms with Gasteiger partial charge in [-0.3, -0.25) is 4.79 Å². The molecule has 0 aliphatic heterocycles. The summed E-state index contributed by atoms with van der Waals surface area (Å²) in [5.41, 5.74) is 1.94. The molecule has 0 spiro atoms. The maximum absolute atomic E-state index is 12.5. The molecular weight excluding hydrogens is 296 g/mol. The van der Waals surface area contributed by atoms with Crippen molar-refractivity contribution in [3.05, 3.63) is 39.2 Å². The first-order valence-electron chi connectivity index (χ1n) is 7.88. The molecule has 0 radical (unpaired) electrons. The number of thiophene rings is 1. The van der Waals surface area contributed by atoms with E-state index in [1.807, 2.05) is 6.92 Å². The van der Waals surface area contributed by atoms with E-state index in [1.165, 1.54) is 10.4 Å². The van der Waals surface area contributed by atoms with Crippen LogP contribution >= 0.6 is 11.3 Å². The Bertz CT molecular complexity index is 672. The van der Waals surface area contributed by atoms with Crippen LogP contribution in [0.2, 0.25) is 0 Å². The SMILES string of the molecule is Cc1nc(CC(C)C)oc1C(=O)N[C@H]1CCCc2sccc21. The minimum absolute atomic E-state index is 0.0977. The van der Waals surface area contributed by atoms with Gasteiger partial charge in [0.2, 0.25) is 5.76 Å². The first-order chi connectivity index (χ1) is 10.5. The predicted octanol–water partition coefficient (Wildman–Crippen LogP) is 4.05. The number of aromatic nitrogens is 1. The molecule has 2 aromatic rings. The normalized spacial score (nSPS) is 17.5. The fraction of sp³-hybridized carbons (Fsp3) is 0.529. The van der Waals surface area contributed by atoms with Crippen LogP contribution in [-0.2, 0) is 12.8 Å². The number of fused-ring (bicyclic) bond motifs is 1. The maximum Gasteiger partial charge on any atom is 0.289 e. The second-order valence-electron chi connectivity index (χ2n) is 6.34. The van der Waals surface area contributed by atoms with Gasteiger partial charge in [0.05, 0.1) is 11.7 Å². The summed E-state index contributed by atoms with van der Waals surface area (Å²) in [6.45, 7) is 6.05. The summed E-state index contributed by atoms with van der Waals surface area (Å²) in [5.74, 6) is 1.32. The van der Waals surface area contributed by atoms with Gasteiger partial charge in [-0.2, -0.15) is 0 Å². The monoisotopic (exact) mass is 318 g/mol. The molecule has 2 heterocycles. The third-order valence-electron chi connectivity index (χ3n) is 3.99. The standard InChI is InChI=1S/C17H22N2O2S/c1-10(2)9-15-18-11(3)16(21-15)17(20)19-13-5-4-6-14-12(13)7-8-22-14/h7-8,10,13H,4-6,9H2,1-3H3,(H,19,20)/t13-/m0/s1. The molecule has 4 nitrogen and oxygen atoms in total. The van der Waals surface area contributed by atoms with Gasteiger partial charge >= 0.3 is 0 Å². The second-order valence-corrected chi connectivity index (χ2v) is 7.34. The number of rotatable bonds is 4. The minimum Gasteiger partial charge on any atom is -0.435 e. The molecule has 1 aliphatic carbocycles. The Morgan fingerprint density at radius 2 is 2.36 bits per heavy atom. The highest BCUT2D eigenvalue weighted by Crippen LogP contribution is 2.33. The lowest BCUT2D eigenvalue weighted by atomic mass is 9.94. The molecule has 1 amide bonds. The number of oxazole rings is 1. The first kappa shape index (κ1) is 15.3. The number of hydrogen-bond donors (Lipinski definition) is 1. The lowest BCUT2D eigenvalue weighted by Crippen LogP contribution is -2.30. The molecule has 1 N–H and O–H groups in total. The van der Waals surface area contributed by atoms with Gasteiger partial charge in [0, 0.05) is 11.3 Å². The summed E-state index contributed by atoms with van der Waals surface area (Å²) in [6.07, 6.45) is 3.99. The average molecular weight is 318 g/mol. The van der Waals surface area contributed by atoms with Crippen LogP contribution in [0.25, 0.3) is 0 Å². The number of nitrogens with one attached hydrogen (secondary N) is 1. The number of carbonyl (C=O) groups excluding carboxylic acids is 1. The Morgan fingerprint density at radius 1 is 1.55 bits per heavy atom. The summed E-state index contributed by atoms with van der Waals surface area (Å²) in [4.78, 5) is 18.3. The Balaban J connectivity index is 1.74.